The largest absolute Gasteiger partial charge is 0.316 e. The van der Waals surface area contributed by atoms with Crippen LogP contribution < -0.4 is 5.32 Å². The number of nitrogens with one attached hydrogen (secondary N) is 1. The van der Waals surface area contributed by atoms with E-state index >= 15 is 0 Å². The second-order valence-corrected chi connectivity index (χ2v) is 5.48. The molecule has 1 aromatic rings. The van der Waals surface area contributed by atoms with Gasteiger partial charge < -0.3 is 5.32 Å². The third kappa shape index (κ3) is 2.78. The molecule has 1 heterocycles. The van der Waals surface area contributed by atoms with Crippen molar-refractivity contribution in [3.05, 3.63) is 34.3 Å². The molecule has 0 radical (unpaired) electrons. The molecule has 2 rings (SSSR count). The molecule has 2 heteroatoms. The van der Waals surface area contributed by atoms with Gasteiger partial charge in [-0.25, -0.2) is 0 Å². The fourth-order valence-electron chi connectivity index (χ4n) is 2.39. The summed E-state index contributed by atoms with van der Waals surface area (Å²) < 4.78 is 0. The molecule has 0 bridgehead atoms. The summed E-state index contributed by atoms with van der Waals surface area (Å²) in [5.74, 6) is 1.30. The molecule has 16 heavy (non-hydrogen) atoms. The lowest BCUT2D eigenvalue weighted by molar-refractivity contribution is 0.580. The van der Waals surface area contributed by atoms with Crippen LogP contribution in [0.3, 0.4) is 0 Å². The Balaban J connectivity index is 2.08. The minimum absolute atomic E-state index is 0.509. The first-order valence-electron chi connectivity index (χ1n) is 6.16. The first kappa shape index (κ1) is 11.9. The summed E-state index contributed by atoms with van der Waals surface area (Å²) in [5.41, 5.74) is 2.64. The highest BCUT2D eigenvalue weighted by Gasteiger charge is 2.15. The summed E-state index contributed by atoms with van der Waals surface area (Å²) in [6.45, 7) is 6.69. The predicted octanol–water partition coefficient (Wildman–Crippen LogP) is 3.62. The molecule has 1 aliphatic heterocycles. The van der Waals surface area contributed by atoms with Crippen molar-refractivity contribution in [2.45, 2.75) is 32.6 Å². The van der Waals surface area contributed by atoms with Gasteiger partial charge in [-0.1, -0.05) is 37.6 Å². The molecule has 0 amide bonds. The van der Waals surface area contributed by atoms with Crippen molar-refractivity contribution in [1.82, 2.24) is 5.32 Å². The second-order valence-electron chi connectivity index (χ2n) is 5.07. The fourth-order valence-corrected chi connectivity index (χ4v) is 2.81. The number of benzene rings is 1. The number of hydrogen-bond donors (Lipinski definition) is 1. The lowest BCUT2D eigenvalue weighted by Gasteiger charge is -2.12. The van der Waals surface area contributed by atoms with Gasteiger partial charge in [-0.05, 0) is 55.0 Å². The van der Waals surface area contributed by atoms with Crippen LogP contribution >= 0.6 is 11.6 Å². The van der Waals surface area contributed by atoms with Gasteiger partial charge in [0.2, 0.25) is 0 Å². The van der Waals surface area contributed by atoms with Crippen molar-refractivity contribution in [3.63, 3.8) is 0 Å². The van der Waals surface area contributed by atoms with E-state index in [0.717, 1.165) is 23.9 Å². The molecule has 0 aliphatic carbocycles. The molecule has 88 valence electrons. The Kier molecular flexibility index (Phi) is 3.88. The van der Waals surface area contributed by atoms with Crippen LogP contribution in [0.5, 0.6) is 0 Å². The van der Waals surface area contributed by atoms with Gasteiger partial charge in [0.1, 0.15) is 0 Å². The Morgan fingerprint density at radius 3 is 2.81 bits per heavy atom. The van der Waals surface area contributed by atoms with Crippen LogP contribution in [-0.2, 0) is 6.42 Å². The summed E-state index contributed by atoms with van der Waals surface area (Å²) in [6.07, 6.45) is 2.45. The first-order chi connectivity index (χ1) is 7.66. The Hall–Kier alpha value is -0.530. The topological polar surface area (TPSA) is 12.0 Å². The van der Waals surface area contributed by atoms with Crippen molar-refractivity contribution in [2.24, 2.45) is 5.92 Å². The minimum Gasteiger partial charge on any atom is -0.316 e. The van der Waals surface area contributed by atoms with E-state index in [2.05, 4.69) is 37.4 Å². The Morgan fingerprint density at radius 2 is 2.25 bits per heavy atom. The van der Waals surface area contributed by atoms with Crippen LogP contribution in [-0.4, -0.2) is 13.1 Å². The Bertz CT molecular complexity index is 354. The van der Waals surface area contributed by atoms with Crippen LogP contribution in [0, 0.1) is 5.92 Å². The van der Waals surface area contributed by atoms with E-state index < -0.39 is 0 Å². The molecule has 1 aliphatic rings. The summed E-state index contributed by atoms with van der Waals surface area (Å²) in [4.78, 5) is 0. The molecule has 1 fully saturated rings. The van der Waals surface area contributed by atoms with Crippen LogP contribution in [0.25, 0.3) is 0 Å². The highest BCUT2D eigenvalue weighted by molar-refractivity contribution is 6.31. The summed E-state index contributed by atoms with van der Waals surface area (Å²) >= 11 is 6.29. The molecule has 0 aromatic heterocycles. The molecule has 0 spiro atoms. The molecular weight excluding hydrogens is 218 g/mol. The number of rotatable bonds is 3. The van der Waals surface area contributed by atoms with E-state index in [0.29, 0.717) is 5.92 Å². The maximum absolute atomic E-state index is 6.29. The zero-order chi connectivity index (χ0) is 11.5. The lowest BCUT2D eigenvalue weighted by Crippen LogP contribution is -2.10. The Morgan fingerprint density at radius 1 is 1.44 bits per heavy atom. The van der Waals surface area contributed by atoms with E-state index in [1.807, 2.05) is 0 Å². The molecule has 1 saturated heterocycles. The monoisotopic (exact) mass is 237 g/mol. The summed E-state index contributed by atoms with van der Waals surface area (Å²) in [6, 6.07) is 6.57. The second kappa shape index (κ2) is 5.20. The lowest BCUT2D eigenvalue weighted by atomic mass is 9.95. The highest BCUT2D eigenvalue weighted by Crippen LogP contribution is 2.26. The summed E-state index contributed by atoms with van der Waals surface area (Å²) in [7, 11) is 0. The molecule has 1 N–H and O–H groups in total. The summed E-state index contributed by atoms with van der Waals surface area (Å²) in [5, 5.41) is 4.33. The molecule has 1 nitrogen and oxygen atoms in total. The van der Waals surface area contributed by atoms with Crippen LogP contribution in [0.15, 0.2) is 18.2 Å². The standard InChI is InChI=1S/C14H20ClN/c1-10(2)13-4-3-11(8-14(13)15)7-12-5-6-16-9-12/h3-4,8,10,12,16H,5-7,9H2,1-2H3. The molecule has 1 atom stereocenters. The fraction of sp³-hybridized carbons (Fsp3) is 0.571. The normalized spacial score (nSPS) is 20.6. The van der Waals surface area contributed by atoms with Gasteiger partial charge >= 0.3 is 0 Å². The van der Waals surface area contributed by atoms with Crippen LogP contribution in [0.4, 0.5) is 0 Å². The van der Waals surface area contributed by atoms with Crippen LogP contribution in [0.2, 0.25) is 5.02 Å². The van der Waals surface area contributed by atoms with Crippen LogP contribution in [0.1, 0.15) is 37.3 Å². The SMILES string of the molecule is CC(C)c1ccc(CC2CCNC2)cc1Cl. The van der Waals surface area contributed by atoms with E-state index in [4.69, 9.17) is 11.6 Å². The smallest absolute Gasteiger partial charge is 0.0443 e. The first-order valence-corrected chi connectivity index (χ1v) is 6.53. The van der Waals surface area contributed by atoms with Gasteiger partial charge in [-0.3, -0.25) is 0 Å². The van der Waals surface area contributed by atoms with Crippen molar-refractivity contribution < 1.29 is 0 Å². The van der Waals surface area contributed by atoms with Gasteiger partial charge in [-0.15, -0.1) is 0 Å². The highest BCUT2D eigenvalue weighted by atomic mass is 35.5. The average Bonchev–Trinajstić information content (AvgIpc) is 2.70. The maximum atomic E-state index is 6.29. The minimum atomic E-state index is 0.509. The zero-order valence-corrected chi connectivity index (χ0v) is 10.8. The molecule has 1 aromatic carbocycles. The zero-order valence-electron chi connectivity index (χ0n) is 10.1. The van der Waals surface area contributed by atoms with Crippen molar-refractivity contribution in [2.75, 3.05) is 13.1 Å². The predicted molar refractivity (Wildman–Crippen MR) is 70.2 cm³/mol. The molecule has 1 unspecified atom stereocenters. The number of halogens is 1. The van der Waals surface area contributed by atoms with Crippen molar-refractivity contribution in [3.8, 4) is 0 Å². The third-order valence-electron chi connectivity index (χ3n) is 3.37. The quantitative estimate of drug-likeness (QED) is 0.847. The maximum Gasteiger partial charge on any atom is 0.0443 e. The number of hydrogen-bond acceptors (Lipinski definition) is 1. The van der Waals surface area contributed by atoms with Gasteiger partial charge in [0.25, 0.3) is 0 Å². The van der Waals surface area contributed by atoms with Gasteiger partial charge in [0, 0.05) is 5.02 Å². The van der Waals surface area contributed by atoms with E-state index in [1.165, 1.54) is 24.1 Å². The molecule has 0 saturated carbocycles. The molecular formula is C14H20ClN. The third-order valence-corrected chi connectivity index (χ3v) is 3.70. The van der Waals surface area contributed by atoms with E-state index in [1.54, 1.807) is 0 Å². The van der Waals surface area contributed by atoms with Crippen molar-refractivity contribution >= 4 is 11.6 Å². The van der Waals surface area contributed by atoms with E-state index in [-0.39, 0.29) is 0 Å². The van der Waals surface area contributed by atoms with Gasteiger partial charge in [0.15, 0.2) is 0 Å². The average molecular weight is 238 g/mol. The van der Waals surface area contributed by atoms with E-state index in [9.17, 15) is 0 Å². The van der Waals surface area contributed by atoms with Gasteiger partial charge in [0.05, 0.1) is 0 Å². The van der Waals surface area contributed by atoms with Gasteiger partial charge in [-0.2, -0.15) is 0 Å². The van der Waals surface area contributed by atoms with Crippen molar-refractivity contribution in [1.29, 1.82) is 0 Å². The Labute approximate surface area is 103 Å².